The van der Waals surface area contributed by atoms with E-state index in [9.17, 15) is 17.6 Å². The summed E-state index contributed by atoms with van der Waals surface area (Å²) in [6.45, 7) is 2.82. The van der Waals surface area contributed by atoms with Gasteiger partial charge in [-0.15, -0.1) is 0 Å². The fourth-order valence-corrected chi connectivity index (χ4v) is 7.08. The summed E-state index contributed by atoms with van der Waals surface area (Å²) in [4.78, 5) is 13.5. The molecule has 1 saturated heterocycles. The Morgan fingerprint density at radius 1 is 1.10 bits per heavy atom. The van der Waals surface area contributed by atoms with Crippen molar-refractivity contribution < 1.29 is 22.0 Å². The van der Waals surface area contributed by atoms with Gasteiger partial charge in [-0.25, -0.2) is 17.2 Å². The highest BCUT2D eigenvalue weighted by Crippen LogP contribution is 2.28. The molecule has 0 aromatic heterocycles. The first-order valence-corrected chi connectivity index (χ1v) is 15.7. The van der Waals surface area contributed by atoms with Crippen LogP contribution in [0.15, 0.2) is 66.7 Å². The summed E-state index contributed by atoms with van der Waals surface area (Å²) < 4.78 is 54.9. The molecule has 220 valence electrons. The van der Waals surface area contributed by atoms with Gasteiger partial charge >= 0.3 is 0 Å². The van der Waals surface area contributed by atoms with Crippen molar-refractivity contribution in [3.05, 3.63) is 100 Å². The number of nitrogens with one attached hydrogen (secondary N) is 2. The molecule has 3 aromatic rings. The number of carbonyl (C=O) groups excluding carboxylic acids is 1. The van der Waals surface area contributed by atoms with Gasteiger partial charge in [0.2, 0.25) is 15.9 Å². The maximum atomic E-state index is 15.1. The van der Waals surface area contributed by atoms with E-state index in [2.05, 4.69) is 10.6 Å². The summed E-state index contributed by atoms with van der Waals surface area (Å²) in [6.07, 6.45) is 2.11. The second-order valence-corrected chi connectivity index (χ2v) is 12.9. The molecule has 4 N–H and O–H groups in total. The lowest BCUT2D eigenvalue weighted by Gasteiger charge is -2.39. The normalized spacial score (nSPS) is 19.5. The predicted molar refractivity (Wildman–Crippen MR) is 158 cm³/mol. The fourth-order valence-electron chi connectivity index (χ4n) is 5.50. The highest BCUT2D eigenvalue weighted by molar-refractivity contribution is 7.88. The summed E-state index contributed by atoms with van der Waals surface area (Å²) in [6, 6.07) is 15.8. The van der Waals surface area contributed by atoms with E-state index < -0.39 is 33.7 Å². The van der Waals surface area contributed by atoms with Gasteiger partial charge in [-0.1, -0.05) is 41.9 Å². The molecule has 1 aliphatic rings. The second-order valence-electron chi connectivity index (χ2n) is 10.6. The van der Waals surface area contributed by atoms with Crippen LogP contribution in [0, 0.1) is 11.6 Å². The van der Waals surface area contributed by atoms with E-state index in [4.69, 9.17) is 17.3 Å². The van der Waals surface area contributed by atoms with Crippen molar-refractivity contribution in [3.63, 3.8) is 0 Å². The van der Waals surface area contributed by atoms with Gasteiger partial charge in [0.15, 0.2) is 0 Å². The van der Waals surface area contributed by atoms with Crippen molar-refractivity contribution in [2.45, 2.75) is 50.2 Å². The number of carbonyl (C=O) groups is 1. The lowest BCUT2D eigenvalue weighted by molar-refractivity contribution is -0.117. The molecular formula is C30H35ClF2N4O3S. The Morgan fingerprint density at radius 2 is 1.78 bits per heavy atom. The van der Waals surface area contributed by atoms with Crippen molar-refractivity contribution in [2.24, 2.45) is 5.73 Å². The lowest BCUT2D eigenvalue weighted by atomic mass is 9.85. The average molecular weight is 605 g/mol. The number of rotatable bonds is 10. The summed E-state index contributed by atoms with van der Waals surface area (Å²) in [5.41, 5.74) is 8.66. The lowest BCUT2D eigenvalue weighted by Crippen LogP contribution is -2.58. The molecule has 11 heteroatoms. The third-order valence-electron chi connectivity index (χ3n) is 7.50. The molecule has 3 aromatic carbocycles. The first kappa shape index (κ1) is 31.1. The van der Waals surface area contributed by atoms with E-state index in [1.54, 1.807) is 42.5 Å². The minimum absolute atomic E-state index is 0.207. The summed E-state index contributed by atoms with van der Waals surface area (Å²) >= 11 is 6.08. The van der Waals surface area contributed by atoms with Crippen LogP contribution in [0.4, 0.5) is 14.5 Å². The molecule has 1 amide bonds. The van der Waals surface area contributed by atoms with Gasteiger partial charge in [0, 0.05) is 47.4 Å². The summed E-state index contributed by atoms with van der Waals surface area (Å²) in [5, 5.41) is 6.58. The molecule has 4 rings (SSSR count). The molecule has 1 fully saturated rings. The minimum atomic E-state index is -3.46. The third kappa shape index (κ3) is 7.90. The Balaban J connectivity index is 1.54. The highest BCUT2D eigenvalue weighted by Gasteiger charge is 2.34. The van der Waals surface area contributed by atoms with E-state index in [1.807, 2.05) is 6.92 Å². The molecule has 7 nitrogen and oxygen atoms in total. The average Bonchev–Trinajstić information content (AvgIpc) is 2.92. The molecule has 1 heterocycles. The number of hydrogen-bond donors (Lipinski definition) is 3. The van der Waals surface area contributed by atoms with Gasteiger partial charge in [-0.3, -0.25) is 4.79 Å². The van der Waals surface area contributed by atoms with Crippen LogP contribution in [0.1, 0.15) is 36.0 Å². The third-order valence-corrected chi connectivity index (χ3v) is 9.18. The van der Waals surface area contributed by atoms with E-state index in [0.717, 1.165) is 11.1 Å². The molecule has 0 aliphatic carbocycles. The molecule has 41 heavy (non-hydrogen) atoms. The van der Waals surface area contributed by atoms with E-state index >= 15 is 4.39 Å². The Hall–Kier alpha value is -2.89. The number of anilines is 1. The first-order chi connectivity index (χ1) is 19.4. The zero-order valence-corrected chi connectivity index (χ0v) is 24.6. The molecule has 0 spiro atoms. The van der Waals surface area contributed by atoms with Gasteiger partial charge in [-0.05, 0) is 73.7 Å². The number of benzene rings is 3. The smallest absolute Gasteiger partial charge is 0.241 e. The van der Waals surface area contributed by atoms with Gasteiger partial charge in [0.1, 0.15) is 11.6 Å². The van der Waals surface area contributed by atoms with Crippen LogP contribution in [-0.2, 0) is 27.7 Å². The maximum Gasteiger partial charge on any atom is 0.241 e. The number of nitrogens with two attached hydrogens (primary N) is 1. The minimum Gasteiger partial charge on any atom is -0.324 e. The molecule has 1 aliphatic heterocycles. The molecular weight excluding hydrogens is 570 g/mol. The van der Waals surface area contributed by atoms with Crippen LogP contribution in [0.2, 0.25) is 5.02 Å². The number of amides is 1. The zero-order chi connectivity index (χ0) is 29.7. The number of hydrogen-bond acceptors (Lipinski definition) is 5. The molecule has 0 radical (unpaired) electrons. The van der Waals surface area contributed by atoms with E-state index in [1.165, 1.54) is 34.8 Å². The molecule has 4 atom stereocenters. The Labute approximate surface area is 245 Å². The molecule has 0 unspecified atom stereocenters. The van der Waals surface area contributed by atoms with Crippen LogP contribution >= 0.6 is 11.6 Å². The van der Waals surface area contributed by atoms with Crippen molar-refractivity contribution in [1.29, 1.82) is 0 Å². The molecule has 0 bridgehead atoms. The van der Waals surface area contributed by atoms with Crippen molar-refractivity contribution in [2.75, 3.05) is 24.7 Å². The highest BCUT2D eigenvalue weighted by atomic mass is 35.5. The predicted octanol–water partition coefficient (Wildman–Crippen LogP) is 4.47. The SMILES string of the molecule is C[C@H]1CNC[C@H](CCc2c(F)cccc2NC(=O)[C@@H](N)[C@@H](Cc2ccc(F)cc2)c2ccc(Cl)cc2)N1S(C)(=O)=O. The standard InChI is InChI=1S/C30H35ClF2N4O3S/c1-19-17-35-18-24(37(19)41(2,39)40)14-15-25-27(33)4-3-5-28(25)36-30(38)29(34)26(21-8-10-22(31)11-9-21)16-20-6-12-23(32)13-7-20/h3-13,19,24,26,29,35H,14-18,34H2,1-2H3,(H,36,38)/t19-,24-,26-,29-/m0/s1. The number of nitrogens with zero attached hydrogens (tertiary/aromatic N) is 1. The number of halogens is 3. The molecule has 0 saturated carbocycles. The van der Waals surface area contributed by atoms with E-state index in [0.29, 0.717) is 31.0 Å². The summed E-state index contributed by atoms with van der Waals surface area (Å²) in [7, 11) is -3.46. The first-order valence-electron chi connectivity index (χ1n) is 13.5. The number of piperazine rings is 1. The van der Waals surface area contributed by atoms with Crippen molar-refractivity contribution >= 4 is 33.2 Å². The van der Waals surface area contributed by atoms with Gasteiger partial charge < -0.3 is 16.4 Å². The second kappa shape index (κ2) is 13.4. The maximum absolute atomic E-state index is 15.1. The largest absolute Gasteiger partial charge is 0.324 e. The summed E-state index contributed by atoms with van der Waals surface area (Å²) in [5.74, 6) is -1.85. The topological polar surface area (TPSA) is 105 Å². The van der Waals surface area contributed by atoms with Crippen LogP contribution < -0.4 is 16.4 Å². The zero-order valence-electron chi connectivity index (χ0n) is 23.0. The Bertz CT molecular complexity index is 1460. The quantitative estimate of drug-likeness (QED) is 0.317. The van der Waals surface area contributed by atoms with E-state index in [-0.39, 0.29) is 35.6 Å². The van der Waals surface area contributed by atoms with Gasteiger partial charge in [-0.2, -0.15) is 4.31 Å². The Morgan fingerprint density at radius 3 is 2.44 bits per heavy atom. The van der Waals surface area contributed by atoms with Crippen LogP contribution in [0.25, 0.3) is 0 Å². The van der Waals surface area contributed by atoms with Crippen LogP contribution in [0.5, 0.6) is 0 Å². The van der Waals surface area contributed by atoms with Crippen molar-refractivity contribution in [1.82, 2.24) is 9.62 Å². The Kier molecular flexibility index (Phi) is 10.1. The fraction of sp³-hybridized carbons (Fsp3) is 0.367. The number of sulfonamides is 1. The monoisotopic (exact) mass is 604 g/mol. The van der Waals surface area contributed by atoms with Crippen molar-refractivity contribution in [3.8, 4) is 0 Å². The van der Waals surface area contributed by atoms with Crippen LogP contribution in [-0.4, -0.2) is 56.1 Å². The van der Waals surface area contributed by atoms with Crippen LogP contribution in [0.3, 0.4) is 0 Å². The van der Waals surface area contributed by atoms with Gasteiger partial charge in [0.05, 0.1) is 12.3 Å². The van der Waals surface area contributed by atoms with Gasteiger partial charge in [0.25, 0.3) is 0 Å².